The highest BCUT2D eigenvalue weighted by Crippen LogP contribution is 2.08. The molecule has 0 aromatic heterocycles. The maximum atomic E-state index is 11.2. The Morgan fingerprint density at radius 2 is 2.00 bits per heavy atom. The fraction of sp³-hybridized carbons (Fsp3) is 0.900. The molecule has 0 atom stereocenters. The minimum absolute atomic E-state index is 0.0494. The quantitative estimate of drug-likeness (QED) is 0.636. The van der Waals surface area contributed by atoms with Gasteiger partial charge in [-0.05, 0) is 27.2 Å². The second-order valence-corrected chi connectivity index (χ2v) is 4.54. The van der Waals surface area contributed by atoms with Gasteiger partial charge in [-0.2, -0.15) is 0 Å². The summed E-state index contributed by atoms with van der Waals surface area (Å²) in [4.78, 5) is 13.3. The van der Waals surface area contributed by atoms with Crippen molar-refractivity contribution in [3.05, 3.63) is 0 Å². The van der Waals surface area contributed by atoms with Crippen LogP contribution in [0.15, 0.2) is 0 Å². The Morgan fingerprint density at radius 3 is 2.43 bits per heavy atom. The molecule has 0 aliphatic carbocycles. The zero-order valence-corrected chi connectivity index (χ0v) is 9.21. The molecular weight excluding hydrogens is 182 g/mol. The molecule has 0 N–H and O–H groups in total. The van der Waals surface area contributed by atoms with Gasteiger partial charge in [-0.3, -0.25) is 4.90 Å². The molecule has 0 unspecified atom stereocenters. The maximum Gasteiger partial charge on any atom is 0.332 e. The van der Waals surface area contributed by atoms with Crippen LogP contribution in [-0.2, 0) is 14.3 Å². The number of rotatable bonds is 4. The third kappa shape index (κ3) is 4.58. The van der Waals surface area contributed by atoms with Crippen molar-refractivity contribution < 1.29 is 14.3 Å². The smallest absolute Gasteiger partial charge is 0.332 e. The summed E-state index contributed by atoms with van der Waals surface area (Å²) >= 11 is 0. The van der Waals surface area contributed by atoms with Gasteiger partial charge in [0.1, 0.15) is 12.2 Å². The molecule has 1 saturated heterocycles. The van der Waals surface area contributed by atoms with Gasteiger partial charge in [0.25, 0.3) is 0 Å². The molecular formula is C10H19NO3. The highest BCUT2D eigenvalue weighted by atomic mass is 16.6. The van der Waals surface area contributed by atoms with Crippen molar-refractivity contribution in [2.75, 3.05) is 26.4 Å². The summed E-state index contributed by atoms with van der Waals surface area (Å²) in [6.45, 7) is 8.29. The lowest BCUT2D eigenvalue weighted by atomic mass is 10.2. The van der Waals surface area contributed by atoms with Gasteiger partial charge in [0, 0.05) is 13.1 Å². The van der Waals surface area contributed by atoms with Gasteiger partial charge in [0.15, 0.2) is 0 Å². The Bertz CT molecular complexity index is 194. The van der Waals surface area contributed by atoms with Crippen LogP contribution in [0.5, 0.6) is 0 Å². The summed E-state index contributed by atoms with van der Waals surface area (Å²) in [5, 5.41) is 0. The van der Waals surface area contributed by atoms with Gasteiger partial charge in [-0.1, -0.05) is 0 Å². The molecule has 0 saturated carbocycles. The summed E-state index contributed by atoms with van der Waals surface area (Å²) in [7, 11) is 0. The van der Waals surface area contributed by atoms with E-state index in [1.54, 1.807) is 0 Å². The van der Waals surface area contributed by atoms with Gasteiger partial charge in [-0.15, -0.1) is 0 Å². The van der Waals surface area contributed by atoms with Gasteiger partial charge in [0.05, 0.1) is 6.73 Å². The Hall–Kier alpha value is -0.610. The van der Waals surface area contributed by atoms with E-state index in [1.165, 1.54) is 6.42 Å². The van der Waals surface area contributed by atoms with Crippen LogP contribution in [-0.4, -0.2) is 42.9 Å². The normalized spacial score (nSPS) is 17.6. The first-order valence-electron chi connectivity index (χ1n) is 4.99. The van der Waals surface area contributed by atoms with Crippen molar-refractivity contribution in [1.29, 1.82) is 0 Å². The second kappa shape index (κ2) is 4.75. The summed E-state index contributed by atoms with van der Waals surface area (Å²) in [6.07, 6.45) is 1.23. The Morgan fingerprint density at radius 1 is 1.36 bits per heavy atom. The van der Waals surface area contributed by atoms with Gasteiger partial charge in [0.2, 0.25) is 0 Å². The van der Waals surface area contributed by atoms with Gasteiger partial charge in [-0.25, -0.2) is 4.79 Å². The van der Waals surface area contributed by atoms with Crippen LogP contribution in [0.4, 0.5) is 0 Å². The number of hydrogen-bond donors (Lipinski definition) is 0. The van der Waals surface area contributed by atoms with E-state index in [0.717, 1.165) is 13.1 Å². The number of esters is 1. The Labute approximate surface area is 85.2 Å². The number of likely N-dealkylation sites (tertiary alicyclic amines) is 1. The van der Waals surface area contributed by atoms with E-state index in [2.05, 4.69) is 4.90 Å². The lowest BCUT2D eigenvalue weighted by Gasteiger charge is -2.30. The molecule has 1 aliphatic rings. The number of hydrogen-bond acceptors (Lipinski definition) is 4. The molecule has 0 radical (unpaired) electrons. The molecule has 82 valence electrons. The Kier molecular flexibility index (Phi) is 3.89. The number of carbonyl (C=O) groups is 1. The minimum atomic E-state index is -0.419. The SMILES string of the molecule is CC(C)(C)OC(=O)COCN1CCC1. The van der Waals surface area contributed by atoms with Crippen molar-refractivity contribution in [2.45, 2.75) is 32.8 Å². The van der Waals surface area contributed by atoms with Crippen LogP contribution < -0.4 is 0 Å². The highest BCUT2D eigenvalue weighted by molar-refractivity contribution is 5.71. The fourth-order valence-electron chi connectivity index (χ4n) is 1.14. The third-order valence-electron chi connectivity index (χ3n) is 1.86. The average molecular weight is 201 g/mol. The topological polar surface area (TPSA) is 38.8 Å². The van der Waals surface area contributed by atoms with Crippen molar-refractivity contribution in [3.63, 3.8) is 0 Å². The van der Waals surface area contributed by atoms with Gasteiger partial charge < -0.3 is 9.47 Å². The van der Waals surface area contributed by atoms with Crippen molar-refractivity contribution >= 4 is 5.97 Å². The first-order valence-corrected chi connectivity index (χ1v) is 4.99. The zero-order valence-electron chi connectivity index (χ0n) is 9.21. The summed E-state index contributed by atoms with van der Waals surface area (Å²) in [5.74, 6) is -0.293. The molecule has 1 aliphatic heterocycles. The highest BCUT2D eigenvalue weighted by Gasteiger charge is 2.17. The average Bonchev–Trinajstić information content (AvgIpc) is 1.90. The maximum absolute atomic E-state index is 11.2. The van der Waals surface area contributed by atoms with Crippen LogP contribution in [0.1, 0.15) is 27.2 Å². The van der Waals surface area contributed by atoms with Crippen molar-refractivity contribution in [3.8, 4) is 0 Å². The number of ether oxygens (including phenoxy) is 2. The Balaban J connectivity index is 2.02. The van der Waals surface area contributed by atoms with E-state index in [1.807, 2.05) is 20.8 Å². The predicted octanol–water partition coefficient (Wildman–Crippen LogP) is 1.01. The lowest BCUT2D eigenvalue weighted by molar-refractivity contribution is -0.162. The van der Waals surface area contributed by atoms with Crippen LogP contribution in [0, 0.1) is 0 Å². The molecule has 0 bridgehead atoms. The van der Waals surface area contributed by atoms with E-state index >= 15 is 0 Å². The van der Waals surface area contributed by atoms with E-state index in [-0.39, 0.29) is 12.6 Å². The van der Waals surface area contributed by atoms with E-state index in [0.29, 0.717) is 6.73 Å². The lowest BCUT2D eigenvalue weighted by Crippen LogP contribution is -2.39. The standard InChI is InChI=1S/C10H19NO3/c1-10(2,3)14-9(12)7-13-8-11-5-4-6-11/h4-8H2,1-3H3. The molecule has 1 heterocycles. The predicted molar refractivity (Wildman–Crippen MR) is 52.9 cm³/mol. The van der Waals surface area contributed by atoms with Gasteiger partial charge >= 0.3 is 5.97 Å². The van der Waals surface area contributed by atoms with E-state index < -0.39 is 5.60 Å². The van der Waals surface area contributed by atoms with E-state index in [4.69, 9.17) is 9.47 Å². The van der Waals surface area contributed by atoms with Crippen LogP contribution >= 0.6 is 0 Å². The molecule has 0 aromatic carbocycles. The molecule has 0 aromatic rings. The largest absolute Gasteiger partial charge is 0.458 e. The third-order valence-corrected chi connectivity index (χ3v) is 1.86. The second-order valence-electron chi connectivity index (χ2n) is 4.54. The first kappa shape index (κ1) is 11.5. The molecule has 0 spiro atoms. The van der Waals surface area contributed by atoms with Crippen LogP contribution in [0.25, 0.3) is 0 Å². The molecule has 0 amide bonds. The van der Waals surface area contributed by atoms with Crippen molar-refractivity contribution in [2.24, 2.45) is 0 Å². The molecule has 1 fully saturated rings. The number of nitrogens with zero attached hydrogens (tertiary/aromatic N) is 1. The summed E-state index contributed by atoms with van der Waals surface area (Å²) < 4.78 is 10.3. The van der Waals surface area contributed by atoms with E-state index in [9.17, 15) is 4.79 Å². The first-order chi connectivity index (χ1) is 6.47. The minimum Gasteiger partial charge on any atom is -0.458 e. The summed E-state index contributed by atoms with van der Waals surface area (Å²) in [5.41, 5.74) is -0.419. The zero-order chi connectivity index (χ0) is 10.6. The van der Waals surface area contributed by atoms with Crippen LogP contribution in [0.2, 0.25) is 0 Å². The molecule has 1 rings (SSSR count). The van der Waals surface area contributed by atoms with Crippen molar-refractivity contribution in [1.82, 2.24) is 4.90 Å². The van der Waals surface area contributed by atoms with Crippen LogP contribution in [0.3, 0.4) is 0 Å². The fourth-order valence-corrected chi connectivity index (χ4v) is 1.14. The molecule has 4 heteroatoms. The summed E-state index contributed by atoms with van der Waals surface area (Å²) in [6, 6.07) is 0. The molecule has 14 heavy (non-hydrogen) atoms. The monoisotopic (exact) mass is 201 g/mol. The molecule has 4 nitrogen and oxygen atoms in total. The number of carbonyl (C=O) groups excluding carboxylic acids is 1.